The largest absolute Gasteiger partial charge is 0.449 e. The van der Waals surface area contributed by atoms with E-state index < -0.39 is 39.4 Å². The van der Waals surface area contributed by atoms with Crippen molar-refractivity contribution in [2.45, 2.75) is 17.9 Å². The second-order valence-corrected chi connectivity index (χ2v) is 8.50. The highest BCUT2D eigenvalue weighted by atomic mass is 32.2. The zero-order chi connectivity index (χ0) is 21.7. The maximum atomic E-state index is 14.2. The number of halogens is 1. The van der Waals surface area contributed by atoms with Gasteiger partial charge in [-0.2, -0.15) is 4.31 Å². The van der Waals surface area contributed by atoms with E-state index in [1.165, 1.54) is 11.2 Å². The predicted molar refractivity (Wildman–Crippen MR) is 106 cm³/mol. The summed E-state index contributed by atoms with van der Waals surface area (Å²) in [4.78, 5) is 24.4. The molecular formula is C20H21FN2O6S. The van der Waals surface area contributed by atoms with Crippen molar-refractivity contribution in [2.24, 2.45) is 0 Å². The molecule has 0 bridgehead atoms. The minimum Gasteiger partial charge on any atom is -0.449 e. The number of sulfonamides is 1. The normalized spacial score (nSPS) is 15.9. The standard InChI is InChI=1S/C20H21FN2O6S/c1-14(19(24)22-15-5-3-2-4-6-15)29-20(25)17-13-16(7-8-18(17)21)30(26,27)23-9-11-28-12-10-23/h2-8,13-14H,9-12H2,1H3,(H,22,24). The van der Waals surface area contributed by atoms with Crippen molar-refractivity contribution in [3.05, 3.63) is 59.9 Å². The van der Waals surface area contributed by atoms with Crippen molar-refractivity contribution in [1.82, 2.24) is 4.31 Å². The van der Waals surface area contributed by atoms with Crippen molar-refractivity contribution >= 4 is 27.6 Å². The first kappa shape index (κ1) is 21.9. The van der Waals surface area contributed by atoms with Gasteiger partial charge in [-0.1, -0.05) is 18.2 Å². The molecule has 1 N–H and O–H groups in total. The van der Waals surface area contributed by atoms with E-state index in [2.05, 4.69) is 5.32 Å². The van der Waals surface area contributed by atoms with Crippen LogP contribution in [-0.4, -0.2) is 57.0 Å². The Kier molecular flexibility index (Phi) is 6.80. The van der Waals surface area contributed by atoms with E-state index in [4.69, 9.17) is 9.47 Å². The lowest BCUT2D eigenvalue weighted by Gasteiger charge is -2.26. The van der Waals surface area contributed by atoms with E-state index in [0.717, 1.165) is 18.2 Å². The number of carbonyl (C=O) groups is 2. The van der Waals surface area contributed by atoms with Crippen LogP contribution in [0.5, 0.6) is 0 Å². The number of nitrogens with one attached hydrogen (secondary N) is 1. The smallest absolute Gasteiger partial charge is 0.341 e. The summed E-state index contributed by atoms with van der Waals surface area (Å²) in [6.07, 6.45) is -1.23. The molecule has 1 heterocycles. The van der Waals surface area contributed by atoms with Gasteiger partial charge in [-0.05, 0) is 37.3 Å². The van der Waals surface area contributed by atoms with Gasteiger partial charge >= 0.3 is 5.97 Å². The monoisotopic (exact) mass is 436 g/mol. The third-order valence-electron chi connectivity index (χ3n) is 4.46. The molecule has 0 aromatic heterocycles. The lowest BCUT2D eigenvalue weighted by molar-refractivity contribution is -0.123. The number of morpholine rings is 1. The summed E-state index contributed by atoms with van der Waals surface area (Å²) in [6, 6.07) is 11.4. The highest BCUT2D eigenvalue weighted by Crippen LogP contribution is 2.21. The van der Waals surface area contributed by atoms with Gasteiger partial charge in [-0.15, -0.1) is 0 Å². The molecule has 160 valence electrons. The van der Waals surface area contributed by atoms with E-state index >= 15 is 0 Å². The van der Waals surface area contributed by atoms with Crippen molar-refractivity contribution in [2.75, 3.05) is 31.6 Å². The Balaban J connectivity index is 1.74. The zero-order valence-electron chi connectivity index (χ0n) is 16.2. The Morgan fingerprint density at radius 2 is 1.80 bits per heavy atom. The second-order valence-electron chi connectivity index (χ2n) is 6.56. The summed E-state index contributed by atoms with van der Waals surface area (Å²) in [6.45, 7) is 2.17. The lowest BCUT2D eigenvalue weighted by atomic mass is 10.2. The number of rotatable bonds is 6. The fraction of sp³-hybridized carbons (Fsp3) is 0.300. The molecule has 2 aromatic rings. The Labute approximate surface area is 173 Å². The number of anilines is 1. The van der Waals surface area contributed by atoms with Crippen LogP contribution >= 0.6 is 0 Å². The van der Waals surface area contributed by atoms with Crippen molar-refractivity contribution in [1.29, 1.82) is 0 Å². The molecule has 10 heteroatoms. The van der Waals surface area contributed by atoms with Gasteiger partial charge < -0.3 is 14.8 Å². The summed E-state index contributed by atoms with van der Waals surface area (Å²) in [5, 5.41) is 2.57. The topological polar surface area (TPSA) is 102 Å². The molecule has 1 aliphatic rings. The summed E-state index contributed by atoms with van der Waals surface area (Å²) < 4.78 is 51.1. The minimum absolute atomic E-state index is 0.163. The molecule has 1 atom stereocenters. The van der Waals surface area contributed by atoms with Gasteiger partial charge in [0.05, 0.1) is 23.7 Å². The van der Waals surface area contributed by atoms with Gasteiger partial charge in [-0.25, -0.2) is 17.6 Å². The number of carbonyl (C=O) groups excluding carboxylic acids is 2. The van der Waals surface area contributed by atoms with Crippen molar-refractivity contribution < 1.29 is 31.9 Å². The molecule has 0 radical (unpaired) electrons. The number of hydrogen-bond donors (Lipinski definition) is 1. The summed E-state index contributed by atoms with van der Waals surface area (Å²) >= 11 is 0. The quantitative estimate of drug-likeness (QED) is 0.696. The van der Waals surface area contributed by atoms with E-state index in [1.54, 1.807) is 30.3 Å². The van der Waals surface area contributed by atoms with Gasteiger partial charge in [-0.3, -0.25) is 4.79 Å². The SMILES string of the molecule is CC(OC(=O)c1cc(S(=O)(=O)N2CCOCC2)ccc1F)C(=O)Nc1ccccc1. The summed E-state index contributed by atoms with van der Waals surface area (Å²) in [5.41, 5.74) is -0.0566. The third-order valence-corrected chi connectivity index (χ3v) is 6.35. The van der Waals surface area contributed by atoms with Crippen LogP contribution in [0, 0.1) is 5.82 Å². The first-order valence-corrected chi connectivity index (χ1v) is 10.7. The molecule has 8 nitrogen and oxygen atoms in total. The average molecular weight is 436 g/mol. The number of hydrogen-bond acceptors (Lipinski definition) is 6. The Hall–Kier alpha value is -2.82. The fourth-order valence-electron chi connectivity index (χ4n) is 2.80. The van der Waals surface area contributed by atoms with Crippen molar-refractivity contribution in [3.63, 3.8) is 0 Å². The number of ether oxygens (including phenoxy) is 2. The fourth-order valence-corrected chi connectivity index (χ4v) is 4.23. The van der Waals surface area contributed by atoms with Gasteiger partial charge in [0.2, 0.25) is 10.0 Å². The highest BCUT2D eigenvalue weighted by Gasteiger charge is 2.29. The van der Waals surface area contributed by atoms with E-state index in [0.29, 0.717) is 5.69 Å². The second kappa shape index (κ2) is 9.33. The number of esters is 1. The molecule has 2 aromatic carbocycles. The molecule has 1 unspecified atom stereocenters. The van der Waals surface area contributed by atoms with Crippen LogP contribution in [0.1, 0.15) is 17.3 Å². The maximum absolute atomic E-state index is 14.2. The first-order valence-electron chi connectivity index (χ1n) is 9.23. The molecule has 1 aliphatic heterocycles. The number of amides is 1. The predicted octanol–water partition coefficient (Wildman–Crippen LogP) is 2.03. The maximum Gasteiger partial charge on any atom is 0.341 e. The summed E-state index contributed by atoms with van der Waals surface area (Å²) in [5.74, 6) is -2.69. The van der Waals surface area contributed by atoms with Gasteiger partial charge in [0, 0.05) is 18.8 Å². The molecule has 30 heavy (non-hydrogen) atoms. The zero-order valence-corrected chi connectivity index (χ0v) is 17.0. The molecule has 0 aliphatic carbocycles. The first-order chi connectivity index (χ1) is 14.3. The Morgan fingerprint density at radius 3 is 2.47 bits per heavy atom. The molecule has 1 amide bonds. The Morgan fingerprint density at radius 1 is 1.13 bits per heavy atom. The molecule has 3 rings (SSSR count). The van der Waals surface area contributed by atoms with Crippen LogP contribution in [0.4, 0.5) is 10.1 Å². The van der Waals surface area contributed by atoms with Gasteiger partial charge in [0.25, 0.3) is 5.91 Å². The van der Waals surface area contributed by atoms with Crippen LogP contribution in [-0.2, 0) is 24.3 Å². The number of benzene rings is 2. The molecule has 1 saturated heterocycles. The molecule has 1 fully saturated rings. The minimum atomic E-state index is -3.92. The van der Waals surface area contributed by atoms with E-state index in [1.807, 2.05) is 0 Å². The van der Waals surface area contributed by atoms with Crippen LogP contribution < -0.4 is 5.32 Å². The number of nitrogens with zero attached hydrogens (tertiary/aromatic N) is 1. The lowest BCUT2D eigenvalue weighted by Crippen LogP contribution is -2.40. The Bertz CT molecular complexity index is 1020. The summed E-state index contributed by atoms with van der Waals surface area (Å²) in [7, 11) is -3.92. The number of para-hydroxylation sites is 1. The molecule has 0 spiro atoms. The van der Waals surface area contributed by atoms with Crippen LogP contribution in [0.25, 0.3) is 0 Å². The molecular weight excluding hydrogens is 415 g/mol. The van der Waals surface area contributed by atoms with Gasteiger partial charge in [0.15, 0.2) is 6.10 Å². The van der Waals surface area contributed by atoms with Gasteiger partial charge in [0.1, 0.15) is 5.82 Å². The average Bonchev–Trinajstić information content (AvgIpc) is 2.75. The van der Waals surface area contributed by atoms with E-state index in [-0.39, 0.29) is 31.2 Å². The third kappa shape index (κ3) is 5.02. The van der Waals surface area contributed by atoms with Crippen LogP contribution in [0.3, 0.4) is 0 Å². The van der Waals surface area contributed by atoms with Crippen LogP contribution in [0.15, 0.2) is 53.4 Å². The highest BCUT2D eigenvalue weighted by molar-refractivity contribution is 7.89. The van der Waals surface area contributed by atoms with Crippen molar-refractivity contribution in [3.8, 4) is 0 Å². The van der Waals surface area contributed by atoms with Crippen LogP contribution in [0.2, 0.25) is 0 Å². The molecule has 0 saturated carbocycles. The van der Waals surface area contributed by atoms with E-state index in [9.17, 15) is 22.4 Å².